The summed E-state index contributed by atoms with van der Waals surface area (Å²) in [4.78, 5) is 0. The predicted octanol–water partition coefficient (Wildman–Crippen LogP) is -0.655. The fourth-order valence-electron chi connectivity index (χ4n) is 0.450. The van der Waals surface area contributed by atoms with Crippen LogP contribution >= 0.6 is 0 Å². The van der Waals surface area contributed by atoms with Crippen LogP contribution in [0, 0.1) is 5.92 Å². The van der Waals surface area contributed by atoms with Crippen molar-refractivity contribution in [2.75, 3.05) is 6.61 Å². The van der Waals surface area contributed by atoms with Crippen LogP contribution in [0.1, 0.15) is 20.3 Å². The van der Waals surface area contributed by atoms with Crippen LogP contribution in [0.4, 0.5) is 0 Å². The van der Waals surface area contributed by atoms with Gasteiger partial charge in [0.05, 0.1) is 0 Å². The van der Waals surface area contributed by atoms with Gasteiger partial charge in [-0.15, -0.1) is 0 Å². The van der Waals surface area contributed by atoms with Gasteiger partial charge in [-0.25, -0.2) is 0 Å². The van der Waals surface area contributed by atoms with E-state index in [9.17, 15) is 0 Å². The second-order valence-electron chi connectivity index (χ2n) is 2.29. The zero-order chi connectivity index (χ0) is 7.11. The molecule has 9 heavy (non-hydrogen) atoms. The number of hydrogen-bond donors (Lipinski definition) is 0. The van der Waals surface area contributed by atoms with Gasteiger partial charge >= 0.3 is 82.2 Å². The number of hydrogen-bond acceptors (Lipinski definition) is 2. The van der Waals surface area contributed by atoms with Crippen molar-refractivity contribution in [2.45, 2.75) is 20.3 Å². The number of rotatable bonds is 5. The summed E-state index contributed by atoms with van der Waals surface area (Å²) in [5.41, 5.74) is 0. The van der Waals surface area contributed by atoms with E-state index in [1.165, 1.54) is 6.42 Å². The molecule has 56 valence electrons. The fraction of sp³-hybridized carbons (Fsp3) is 1.00. The topological polar surface area (TPSA) is 18.5 Å². The Morgan fingerprint density at radius 3 is 2.78 bits per heavy atom. The van der Waals surface area contributed by atoms with Crippen molar-refractivity contribution in [3.63, 3.8) is 0 Å². The van der Waals surface area contributed by atoms with E-state index in [-0.39, 0.29) is 0 Å². The fourth-order valence-corrected chi connectivity index (χ4v) is 5.54. The Hall–Kier alpha value is 1.52. The Bertz CT molecular complexity index is 60.9. The Labute approximate surface area is 81.6 Å². The van der Waals surface area contributed by atoms with Crippen LogP contribution in [0.3, 0.4) is 0 Å². The van der Waals surface area contributed by atoms with E-state index in [4.69, 9.17) is 4.49 Å². The summed E-state index contributed by atoms with van der Waals surface area (Å²) >= 11 is -0.647. The van der Waals surface area contributed by atoms with Crippen molar-refractivity contribution >= 4 is 44.9 Å². The molecule has 0 heterocycles. The molecule has 0 rings (SSSR count). The molecule has 1 atom stereocenters. The second-order valence-corrected chi connectivity index (χ2v) is 16.8. The van der Waals surface area contributed by atoms with Crippen molar-refractivity contribution in [1.29, 1.82) is 0 Å². The second kappa shape index (κ2) is 7.62. The SMILES string of the molecule is CCC(C)C[O][SnH2][O][SnH3]. The first-order chi connectivity index (χ1) is 4.31. The van der Waals surface area contributed by atoms with Gasteiger partial charge in [-0.3, -0.25) is 0 Å². The third-order valence-electron chi connectivity index (χ3n) is 1.30. The van der Waals surface area contributed by atoms with Crippen LogP contribution in [0.5, 0.6) is 0 Å². The van der Waals surface area contributed by atoms with Gasteiger partial charge in [0.1, 0.15) is 0 Å². The van der Waals surface area contributed by atoms with Crippen LogP contribution in [-0.2, 0) is 4.49 Å². The third-order valence-corrected chi connectivity index (χ3v) is 7.63. The van der Waals surface area contributed by atoms with E-state index in [0.29, 0.717) is 22.9 Å². The van der Waals surface area contributed by atoms with E-state index in [1.807, 2.05) is 0 Å². The molecule has 0 amide bonds. The van der Waals surface area contributed by atoms with Gasteiger partial charge in [-0.1, -0.05) is 0 Å². The average Bonchev–Trinajstić information content (AvgIpc) is 1.89. The summed E-state index contributed by atoms with van der Waals surface area (Å²) in [6, 6.07) is 0. The van der Waals surface area contributed by atoms with Gasteiger partial charge in [0.15, 0.2) is 0 Å². The summed E-state index contributed by atoms with van der Waals surface area (Å²) < 4.78 is 10.5. The molecule has 0 bridgehead atoms. The summed E-state index contributed by atoms with van der Waals surface area (Å²) in [5.74, 6) is 0.729. The van der Waals surface area contributed by atoms with E-state index < -0.39 is 22.0 Å². The van der Waals surface area contributed by atoms with Crippen LogP contribution in [-0.4, -0.2) is 51.5 Å². The molecule has 0 N–H and O–H groups in total. The van der Waals surface area contributed by atoms with E-state index >= 15 is 0 Å². The van der Waals surface area contributed by atoms with E-state index in [1.54, 1.807) is 0 Å². The first-order valence-corrected chi connectivity index (χ1v) is 9.00. The first-order valence-electron chi connectivity index (χ1n) is 3.38. The Morgan fingerprint density at radius 2 is 2.33 bits per heavy atom. The molecule has 0 aromatic heterocycles. The standard InChI is InChI=1S/C5H11O.O.2Sn.5H/c1-3-5(2)4-6;;;;;;;;/h5H,3-4H2,1-2H3;;;;;;;;/q-1;;;+1;;;;;. The van der Waals surface area contributed by atoms with Crippen molar-refractivity contribution < 1.29 is 4.49 Å². The van der Waals surface area contributed by atoms with Gasteiger partial charge in [0.2, 0.25) is 0 Å². The van der Waals surface area contributed by atoms with E-state index in [0.717, 1.165) is 12.5 Å². The minimum atomic E-state index is -1.08. The maximum atomic E-state index is 5.38. The molecular formula is C5H16O2Sn2. The normalized spacial score (nSPS) is 15.3. The Kier molecular flexibility index (Phi) is 8.91. The minimum absolute atomic E-state index is 0.429. The van der Waals surface area contributed by atoms with Crippen molar-refractivity contribution in [1.82, 2.24) is 0 Å². The molecule has 0 aromatic rings. The predicted molar refractivity (Wildman–Crippen MR) is 45.0 cm³/mol. The van der Waals surface area contributed by atoms with E-state index in [2.05, 4.69) is 13.8 Å². The first kappa shape index (κ1) is 10.5. The molecule has 0 saturated heterocycles. The van der Waals surface area contributed by atoms with Crippen LogP contribution in [0.25, 0.3) is 0 Å². The average molecular weight is 346 g/mol. The summed E-state index contributed by atoms with van der Waals surface area (Å²) in [6.07, 6.45) is 1.22. The van der Waals surface area contributed by atoms with Crippen molar-refractivity contribution in [2.24, 2.45) is 5.92 Å². The van der Waals surface area contributed by atoms with Crippen molar-refractivity contribution in [3.8, 4) is 0 Å². The molecule has 0 aliphatic rings. The molecule has 0 saturated carbocycles. The molecule has 0 aromatic carbocycles. The maximum absolute atomic E-state index is 5.38. The zero-order valence-electron chi connectivity index (χ0n) is 6.52. The monoisotopic (exact) mass is 348 g/mol. The van der Waals surface area contributed by atoms with Gasteiger partial charge in [-0.2, -0.15) is 0 Å². The molecule has 0 radical (unpaired) electrons. The quantitative estimate of drug-likeness (QED) is 0.487. The van der Waals surface area contributed by atoms with Crippen LogP contribution < -0.4 is 0 Å². The summed E-state index contributed by atoms with van der Waals surface area (Å²) in [6.45, 7) is 5.34. The molecule has 0 aliphatic heterocycles. The van der Waals surface area contributed by atoms with Gasteiger partial charge in [0, 0.05) is 0 Å². The summed E-state index contributed by atoms with van der Waals surface area (Å²) in [5, 5.41) is 0. The molecule has 0 aliphatic carbocycles. The molecule has 0 fully saturated rings. The third kappa shape index (κ3) is 7.41. The van der Waals surface area contributed by atoms with Gasteiger partial charge in [-0.05, 0) is 0 Å². The molecule has 2 nitrogen and oxygen atoms in total. The Balaban J connectivity index is 2.88. The van der Waals surface area contributed by atoms with Gasteiger partial charge < -0.3 is 0 Å². The molecule has 4 heteroatoms. The zero-order valence-corrected chi connectivity index (χ0v) is 16.3. The summed E-state index contributed by atoms with van der Waals surface area (Å²) in [7, 11) is 0. The van der Waals surface area contributed by atoms with Crippen molar-refractivity contribution in [3.05, 3.63) is 0 Å². The van der Waals surface area contributed by atoms with Gasteiger partial charge in [0.25, 0.3) is 0 Å². The van der Waals surface area contributed by atoms with Crippen LogP contribution in [0.15, 0.2) is 0 Å². The molecule has 0 spiro atoms. The van der Waals surface area contributed by atoms with Crippen LogP contribution in [0.2, 0.25) is 0 Å². The molecular weight excluding hydrogens is 329 g/mol. The molecule has 1 unspecified atom stereocenters. The Morgan fingerprint density at radius 1 is 1.67 bits per heavy atom.